The van der Waals surface area contributed by atoms with E-state index in [0.29, 0.717) is 0 Å². The molecule has 1 heterocycles. The van der Waals surface area contributed by atoms with Crippen LogP contribution in [0.1, 0.15) is 0 Å². The largest absolute Gasteiger partial charge is 0.456 e. The van der Waals surface area contributed by atoms with E-state index in [0.717, 1.165) is 12.1 Å². The minimum atomic E-state index is -4.32. The number of ether oxygens (including phenoxy) is 1. The van der Waals surface area contributed by atoms with Crippen LogP contribution in [-0.4, -0.2) is 18.0 Å². The van der Waals surface area contributed by atoms with Crippen molar-refractivity contribution in [2.45, 2.75) is 4.90 Å². The van der Waals surface area contributed by atoms with E-state index in [2.05, 4.69) is 4.98 Å². The average Bonchev–Trinajstić information content (AvgIpc) is 2.29. The molecule has 20 heavy (non-hydrogen) atoms. The van der Waals surface area contributed by atoms with Gasteiger partial charge in [-0.1, -0.05) is 34.8 Å². The van der Waals surface area contributed by atoms with Gasteiger partial charge in [-0.25, -0.2) is 4.98 Å². The fourth-order valence-corrected chi connectivity index (χ4v) is 2.58. The first-order valence-electron chi connectivity index (χ1n) is 5.04. The first kappa shape index (κ1) is 15.3. The van der Waals surface area contributed by atoms with Gasteiger partial charge in [0.1, 0.15) is 21.8 Å². The zero-order valence-corrected chi connectivity index (χ0v) is 12.6. The van der Waals surface area contributed by atoms with Crippen LogP contribution in [0.15, 0.2) is 35.2 Å². The molecule has 1 aromatic heterocycles. The molecule has 0 aliphatic heterocycles. The van der Waals surface area contributed by atoms with Crippen LogP contribution < -0.4 is 4.74 Å². The molecule has 0 amide bonds. The molecule has 2 rings (SSSR count). The summed E-state index contributed by atoms with van der Waals surface area (Å²) in [6.45, 7) is 0. The molecule has 5 nitrogen and oxygen atoms in total. The second-order valence-electron chi connectivity index (χ2n) is 3.62. The molecule has 0 spiro atoms. The summed E-state index contributed by atoms with van der Waals surface area (Å²) in [6.07, 6.45) is 0. The summed E-state index contributed by atoms with van der Waals surface area (Å²) in [5.41, 5.74) is 0. The van der Waals surface area contributed by atoms with Gasteiger partial charge >= 0.3 is 0 Å². The van der Waals surface area contributed by atoms with Crippen molar-refractivity contribution in [1.29, 1.82) is 0 Å². The first-order chi connectivity index (χ1) is 9.25. The number of hydrogen-bond acceptors (Lipinski definition) is 4. The lowest BCUT2D eigenvalue weighted by molar-refractivity contribution is 0.478. The number of halogens is 3. The highest BCUT2D eigenvalue weighted by Crippen LogP contribution is 2.32. The molecule has 1 N–H and O–H groups in total. The minimum Gasteiger partial charge on any atom is -0.456 e. The number of pyridine rings is 1. The average molecular weight is 355 g/mol. The molecule has 0 aliphatic carbocycles. The number of aromatic nitrogens is 1. The van der Waals surface area contributed by atoms with Crippen LogP contribution in [0.4, 0.5) is 0 Å². The standard InChI is InChI=1S/C11H6Cl3NO4S/c12-8-5-7(20(16,17)18)1-2-9(8)19-6-3-10(13)15-11(14)4-6/h1-5H,(H,16,17,18). The van der Waals surface area contributed by atoms with Gasteiger partial charge < -0.3 is 4.74 Å². The van der Waals surface area contributed by atoms with E-state index in [-0.39, 0.29) is 31.7 Å². The third-order valence-corrected chi connectivity index (χ3v) is 3.70. The zero-order chi connectivity index (χ0) is 14.9. The maximum atomic E-state index is 11.0. The SMILES string of the molecule is O=S(=O)(O)c1ccc(Oc2cc(Cl)nc(Cl)c2)c(Cl)c1. The topological polar surface area (TPSA) is 76.5 Å². The van der Waals surface area contributed by atoms with Crippen LogP contribution >= 0.6 is 34.8 Å². The summed E-state index contributed by atoms with van der Waals surface area (Å²) in [6, 6.07) is 6.35. The Hall–Kier alpha value is -1.05. The van der Waals surface area contributed by atoms with Gasteiger partial charge in [0, 0.05) is 12.1 Å². The molecule has 0 radical (unpaired) electrons. The highest BCUT2D eigenvalue weighted by atomic mass is 35.5. The van der Waals surface area contributed by atoms with E-state index < -0.39 is 10.1 Å². The van der Waals surface area contributed by atoms with Crippen molar-refractivity contribution in [2.75, 3.05) is 0 Å². The monoisotopic (exact) mass is 353 g/mol. The molecule has 0 unspecified atom stereocenters. The lowest BCUT2D eigenvalue weighted by Gasteiger charge is -2.08. The Balaban J connectivity index is 2.35. The van der Waals surface area contributed by atoms with Gasteiger partial charge in [-0.2, -0.15) is 8.42 Å². The van der Waals surface area contributed by atoms with E-state index >= 15 is 0 Å². The Bertz CT molecular complexity index is 744. The van der Waals surface area contributed by atoms with Gasteiger partial charge in [0.15, 0.2) is 0 Å². The van der Waals surface area contributed by atoms with Gasteiger partial charge in [0.25, 0.3) is 10.1 Å². The molecular formula is C11H6Cl3NO4S. The minimum absolute atomic E-state index is 0.00387. The molecule has 2 aromatic rings. The molecule has 0 fully saturated rings. The van der Waals surface area contributed by atoms with Gasteiger partial charge in [0.05, 0.1) is 9.92 Å². The number of benzene rings is 1. The van der Waals surface area contributed by atoms with E-state index in [9.17, 15) is 8.42 Å². The summed E-state index contributed by atoms with van der Waals surface area (Å²) >= 11 is 17.3. The van der Waals surface area contributed by atoms with Crippen molar-refractivity contribution < 1.29 is 17.7 Å². The van der Waals surface area contributed by atoms with Gasteiger partial charge in [-0.15, -0.1) is 0 Å². The Labute approximate surface area is 129 Å². The van der Waals surface area contributed by atoms with Gasteiger partial charge in [-0.3, -0.25) is 4.55 Å². The Morgan fingerprint density at radius 1 is 1.05 bits per heavy atom. The fraction of sp³-hybridized carbons (Fsp3) is 0. The molecule has 106 valence electrons. The van der Waals surface area contributed by atoms with Crippen LogP contribution in [0, 0.1) is 0 Å². The van der Waals surface area contributed by atoms with E-state index in [4.69, 9.17) is 44.1 Å². The summed E-state index contributed by atoms with van der Waals surface area (Å²) in [5.74, 6) is 0.467. The number of hydrogen-bond donors (Lipinski definition) is 1. The van der Waals surface area contributed by atoms with E-state index in [1.54, 1.807) is 0 Å². The zero-order valence-electron chi connectivity index (χ0n) is 9.55. The molecule has 0 saturated heterocycles. The summed E-state index contributed by atoms with van der Waals surface area (Å²) in [5, 5.41) is 0.278. The predicted molar refractivity (Wildman–Crippen MR) is 75.6 cm³/mol. The Kier molecular flexibility index (Phi) is 4.41. The third kappa shape index (κ3) is 3.74. The van der Waals surface area contributed by atoms with Crippen molar-refractivity contribution in [1.82, 2.24) is 4.98 Å². The normalized spacial score (nSPS) is 11.4. The van der Waals surface area contributed by atoms with Crippen molar-refractivity contribution >= 4 is 44.9 Å². The van der Waals surface area contributed by atoms with Crippen molar-refractivity contribution in [2.24, 2.45) is 0 Å². The van der Waals surface area contributed by atoms with Crippen molar-refractivity contribution in [3.63, 3.8) is 0 Å². The van der Waals surface area contributed by atoms with Crippen molar-refractivity contribution in [3.8, 4) is 11.5 Å². The lowest BCUT2D eigenvalue weighted by atomic mass is 10.3. The van der Waals surface area contributed by atoms with E-state index in [1.807, 2.05) is 0 Å². The lowest BCUT2D eigenvalue weighted by Crippen LogP contribution is -1.98. The second-order valence-corrected chi connectivity index (χ2v) is 6.22. The van der Waals surface area contributed by atoms with Crippen LogP contribution in [-0.2, 0) is 10.1 Å². The van der Waals surface area contributed by atoms with Gasteiger partial charge in [0.2, 0.25) is 0 Å². The van der Waals surface area contributed by atoms with Crippen LogP contribution in [0.25, 0.3) is 0 Å². The first-order valence-corrected chi connectivity index (χ1v) is 7.61. The maximum Gasteiger partial charge on any atom is 0.294 e. The van der Waals surface area contributed by atoms with Crippen LogP contribution in [0.3, 0.4) is 0 Å². The van der Waals surface area contributed by atoms with Gasteiger partial charge in [-0.05, 0) is 18.2 Å². The second kappa shape index (κ2) is 5.75. The molecule has 0 aliphatic rings. The molecule has 1 aromatic carbocycles. The molecule has 0 saturated carbocycles. The molecule has 0 atom stereocenters. The Morgan fingerprint density at radius 3 is 2.15 bits per heavy atom. The Morgan fingerprint density at radius 2 is 1.65 bits per heavy atom. The van der Waals surface area contributed by atoms with Crippen LogP contribution in [0.5, 0.6) is 11.5 Å². The van der Waals surface area contributed by atoms with E-state index in [1.165, 1.54) is 18.2 Å². The molecule has 9 heteroatoms. The summed E-state index contributed by atoms with van der Waals surface area (Å²) < 4.78 is 36.2. The smallest absolute Gasteiger partial charge is 0.294 e. The van der Waals surface area contributed by atoms with Crippen LogP contribution in [0.2, 0.25) is 15.3 Å². The highest BCUT2D eigenvalue weighted by Gasteiger charge is 2.13. The number of nitrogens with zero attached hydrogens (tertiary/aromatic N) is 1. The molecule has 0 bridgehead atoms. The fourth-order valence-electron chi connectivity index (χ4n) is 1.35. The number of rotatable bonds is 3. The maximum absolute atomic E-state index is 11.0. The highest BCUT2D eigenvalue weighted by molar-refractivity contribution is 7.85. The summed E-state index contributed by atoms with van der Waals surface area (Å²) in [4.78, 5) is 3.42. The molecular weight excluding hydrogens is 349 g/mol. The summed E-state index contributed by atoms with van der Waals surface area (Å²) in [7, 11) is -4.32. The predicted octanol–water partition coefficient (Wildman–Crippen LogP) is 4.08. The third-order valence-electron chi connectivity index (χ3n) is 2.17. The van der Waals surface area contributed by atoms with Crippen molar-refractivity contribution in [3.05, 3.63) is 45.7 Å². The quantitative estimate of drug-likeness (QED) is 0.664.